The van der Waals surface area contributed by atoms with Crippen molar-refractivity contribution < 1.29 is 16.4 Å². The van der Waals surface area contributed by atoms with Crippen LogP contribution in [0.3, 0.4) is 0 Å². The largest absolute Gasteiger partial charge is 1.00 e. The van der Waals surface area contributed by atoms with Crippen molar-refractivity contribution in [1.82, 2.24) is 4.98 Å². The van der Waals surface area contributed by atoms with Crippen LogP contribution in [0.2, 0.25) is 4.47 Å². The Morgan fingerprint density at radius 1 is 0.895 bits per heavy atom. The van der Waals surface area contributed by atoms with Gasteiger partial charge in [-0.3, -0.25) is 0 Å². The van der Waals surface area contributed by atoms with Crippen LogP contribution >= 0.6 is 23.1 Å². The van der Waals surface area contributed by atoms with Crippen LogP contribution in [0.4, 0.5) is 0 Å². The molecule has 0 saturated carbocycles. The Labute approximate surface area is 126 Å². The van der Waals surface area contributed by atoms with Crippen LogP contribution in [0, 0.1) is 0 Å². The molecule has 0 bridgehead atoms. The number of benzene rings is 2. The fraction of sp³-hybridized carbons (Fsp3) is 0. The highest BCUT2D eigenvalue weighted by atomic mass is 35.5. The molecule has 0 atom stereocenters. The van der Waals surface area contributed by atoms with Gasteiger partial charge in [-0.05, 0) is 40.9 Å². The highest BCUT2D eigenvalue weighted by Gasteiger charge is 2.22. The monoisotopic (exact) mass is 308 g/mol. The zero-order chi connectivity index (χ0) is 12.4. The Hall–Kier alpha value is -1.42. The third-order valence-corrected chi connectivity index (χ3v) is 3.68. The molecule has 0 aliphatic heterocycles. The van der Waals surface area contributed by atoms with Crippen molar-refractivity contribution in [1.29, 1.82) is 0 Å². The molecule has 0 saturated heterocycles. The summed E-state index contributed by atoms with van der Waals surface area (Å²) in [6.45, 7) is 0. The normalized spacial score (nSPS) is 9.95. The molecule has 19 heavy (non-hydrogen) atoms. The molecule has 1 aromatic heterocycles. The molecule has 3 rings (SSSR count). The molecule has 0 N–H and O–H groups in total. The predicted octanol–water partition coefficient (Wildman–Crippen LogP) is 0.744. The van der Waals surface area contributed by atoms with Gasteiger partial charge in [0.15, 0.2) is 0 Å². The Balaban J connectivity index is 0.00000133. The first-order valence-electron chi connectivity index (χ1n) is 5.54. The lowest BCUT2D eigenvalue weighted by Gasteiger charge is -1.96. The Bertz CT molecular complexity index is 597. The molecule has 2 aromatic carbocycles. The molecular formula is C14H10Cl2N2S. The second-order valence-corrected chi connectivity index (χ2v) is 5.29. The molecule has 5 heteroatoms. The van der Waals surface area contributed by atoms with E-state index < -0.39 is 0 Å². The summed E-state index contributed by atoms with van der Waals surface area (Å²) < 4.78 is 2.58. The average molecular weight is 309 g/mol. The summed E-state index contributed by atoms with van der Waals surface area (Å²) in [5.41, 5.74) is 2.13. The minimum absolute atomic E-state index is 0. The summed E-state index contributed by atoms with van der Waals surface area (Å²) in [5.74, 6) is 0.872. The van der Waals surface area contributed by atoms with Crippen molar-refractivity contribution in [3.05, 3.63) is 65.1 Å². The molecule has 3 aromatic rings. The number of aromatic nitrogens is 2. The van der Waals surface area contributed by atoms with E-state index >= 15 is 0 Å². The number of para-hydroxylation sites is 1. The first kappa shape index (κ1) is 14.0. The van der Waals surface area contributed by atoms with Crippen LogP contribution in [-0.4, -0.2) is 4.98 Å². The van der Waals surface area contributed by atoms with Gasteiger partial charge in [0.2, 0.25) is 0 Å². The maximum absolute atomic E-state index is 6.05. The standard InChI is InChI=1S/C14H10ClN2S.ClH/c15-14-16-13(11-7-3-1-4-8-11)17(18-14)12-9-5-2-6-10-12;/h1-10H;1H/q+1;/p-1. The van der Waals surface area contributed by atoms with Gasteiger partial charge in [-0.2, -0.15) is 0 Å². The fourth-order valence-electron chi connectivity index (χ4n) is 1.78. The second kappa shape index (κ2) is 6.15. The van der Waals surface area contributed by atoms with Crippen LogP contribution in [0.25, 0.3) is 17.1 Å². The van der Waals surface area contributed by atoms with E-state index in [-0.39, 0.29) is 12.4 Å². The lowest BCUT2D eigenvalue weighted by Crippen LogP contribution is -3.00. The van der Waals surface area contributed by atoms with Crippen LogP contribution in [-0.2, 0) is 0 Å². The molecule has 0 spiro atoms. The minimum atomic E-state index is 0. The number of hydrogen-bond acceptors (Lipinski definition) is 2. The average Bonchev–Trinajstić information content (AvgIpc) is 2.83. The zero-order valence-corrected chi connectivity index (χ0v) is 12.2. The van der Waals surface area contributed by atoms with Gasteiger partial charge in [-0.1, -0.05) is 36.4 Å². The van der Waals surface area contributed by atoms with E-state index in [1.165, 1.54) is 11.5 Å². The smallest absolute Gasteiger partial charge is 0.349 e. The summed E-state index contributed by atoms with van der Waals surface area (Å²) in [6, 6.07) is 20.1. The van der Waals surface area contributed by atoms with E-state index in [4.69, 9.17) is 11.6 Å². The quantitative estimate of drug-likeness (QED) is 0.638. The predicted molar refractivity (Wildman–Crippen MR) is 74.1 cm³/mol. The lowest BCUT2D eigenvalue weighted by atomic mass is 10.2. The maximum atomic E-state index is 6.05. The first-order valence-corrected chi connectivity index (χ1v) is 6.69. The Kier molecular flexibility index (Phi) is 4.53. The van der Waals surface area contributed by atoms with Crippen molar-refractivity contribution in [3.8, 4) is 17.1 Å². The third kappa shape index (κ3) is 2.95. The van der Waals surface area contributed by atoms with E-state index in [9.17, 15) is 0 Å². The topological polar surface area (TPSA) is 16.8 Å². The number of halogens is 2. The highest BCUT2D eigenvalue weighted by molar-refractivity contribution is 7.06. The van der Waals surface area contributed by atoms with Gasteiger partial charge in [0.25, 0.3) is 0 Å². The Morgan fingerprint density at radius 3 is 2.11 bits per heavy atom. The van der Waals surface area contributed by atoms with Gasteiger partial charge in [0, 0.05) is 0 Å². The van der Waals surface area contributed by atoms with E-state index in [1.54, 1.807) is 0 Å². The van der Waals surface area contributed by atoms with Gasteiger partial charge in [0.1, 0.15) is 17.2 Å². The second-order valence-electron chi connectivity index (χ2n) is 3.78. The molecule has 0 unspecified atom stereocenters. The molecule has 0 fully saturated rings. The SMILES string of the molecule is Clc1nc(-c2ccccc2)[n+](-c2ccccc2)s1.[Cl-]. The number of nitrogens with zero attached hydrogens (tertiary/aromatic N) is 2. The Morgan fingerprint density at radius 2 is 1.47 bits per heavy atom. The van der Waals surface area contributed by atoms with Crippen molar-refractivity contribution >= 4 is 23.1 Å². The number of rotatable bonds is 2. The molecular weight excluding hydrogens is 299 g/mol. The fourth-order valence-corrected chi connectivity index (χ4v) is 2.80. The van der Waals surface area contributed by atoms with E-state index in [1.807, 2.05) is 64.6 Å². The summed E-state index contributed by atoms with van der Waals surface area (Å²) in [4.78, 5) is 4.40. The summed E-state index contributed by atoms with van der Waals surface area (Å²) in [5, 5.41) is 0. The molecule has 0 radical (unpaired) electrons. The van der Waals surface area contributed by atoms with Crippen LogP contribution in [0.5, 0.6) is 0 Å². The molecule has 96 valence electrons. The third-order valence-electron chi connectivity index (χ3n) is 2.58. The lowest BCUT2D eigenvalue weighted by molar-refractivity contribution is -0.510. The van der Waals surface area contributed by atoms with Crippen LogP contribution in [0.15, 0.2) is 60.7 Å². The van der Waals surface area contributed by atoms with Crippen LogP contribution in [0.1, 0.15) is 0 Å². The van der Waals surface area contributed by atoms with Crippen LogP contribution < -0.4 is 16.4 Å². The van der Waals surface area contributed by atoms with E-state index in [2.05, 4.69) is 4.98 Å². The molecule has 2 nitrogen and oxygen atoms in total. The summed E-state index contributed by atoms with van der Waals surface area (Å²) in [6.07, 6.45) is 0. The van der Waals surface area contributed by atoms with Gasteiger partial charge in [-0.25, -0.2) is 0 Å². The molecule has 0 amide bonds. The van der Waals surface area contributed by atoms with Crippen molar-refractivity contribution in [3.63, 3.8) is 0 Å². The van der Waals surface area contributed by atoms with Gasteiger partial charge in [-0.15, -0.1) is 3.96 Å². The van der Waals surface area contributed by atoms with Crippen molar-refractivity contribution in [2.75, 3.05) is 0 Å². The van der Waals surface area contributed by atoms with E-state index in [0.717, 1.165) is 17.1 Å². The van der Waals surface area contributed by atoms with Crippen molar-refractivity contribution in [2.45, 2.75) is 0 Å². The molecule has 0 aliphatic carbocycles. The van der Waals surface area contributed by atoms with Crippen molar-refractivity contribution in [2.24, 2.45) is 0 Å². The summed E-state index contributed by atoms with van der Waals surface area (Å²) >= 11 is 7.49. The highest BCUT2D eigenvalue weighted by Crippen LogP contribution is 2.21. The molecule has 1 heterocycles. The zero-order valence-electron chi connectivity index (χ0n) is 9.83. The first-order chi connectivity index (χ1) is 8.84. The van der Waals surface area contributed by atoms with Gasteiger partial charge in [0.05, 0.1) is 5.56 Å². The maximum Gasteiger partial charge on any atom is 0.349 e. The number of hydrogen-bond donors (Lipinski definition) is 0. The van der Waals surface area contributed by atoms with E-state index in [0.29, 0.717) is 4.47 Å². The summed E-state index contributed by atoms with van der Waals surface area (Å²) in [7, 11) is 0. The molecule has 0 aliphatic rings. The van der Waals surface area contributed by atoms with Gasteiger partial charge < -0.3 is 12.4 Å². The van der Waals surface area contributed by atoms with Gasteiger partial charge >= 0.3 is 10.3 Å². The minimum Gasteiger partial charge on any atom is -1.00 e.